The first-order chi connectivity index (χ1) is 14.6. The van der Waals surface area contributed by atoms with Crippen LogP contribution in [0.3, 0.4) is 0 Å². The van der Waals surface area contributed by atoms with Gasteiger partial charge in [0.25, 0.3) is 0 Å². The highest BCUT2D eigenvalue weighted by molar-refractivity contribution is 5.81. The van der Waals surface area contributed by atoms with Gasteiger partial charge < -0.3 is 10.2 Å². The molecule has 0 aliphatic carbocycles. The van der Waals surface area contributed by atoms with E-state index in [2.05, 4.69) is 44.4 Å². The molecule has 0 spiro atoms. The predicted molar refractivity (Wildman–Crippen MR) is 122 cm³/mol. The fraction of sp³-hybridized carbons (Fsp3) is 0.600. The van der Waals surface area contributed by atoms with Gasteiger partial charge in [-0.1, -0.05) is 37.1 Å². The molecular weight excluding hydrogens is 372 g/mol. The van der Waals surface area contributed by atoms with Crippen LogP contribution in [-0.4, -0.2) is 52.5 Å². The average molecular weight is 409 g/mol. The molecule has 162 valence electrons. The van der Waals surface area contributed by atoms with Crippen molar-refractivity contribution >= 4 is 16.9 Å². The number of likely N-dealkylation sites (tertiary alicyclic amines) is 2. The van der Waals surface area contributed by atoms with Crippen molar-refractivity contribution in [2.75, 3.05) is 19.6 Å². The topological polar surface area (TPSA) is 48.5 Å². The van der Waals surface area contributed by atoms with Crippen LogP contribution >= 0.6 is 0 Å². The van der Waals surface area contributed by atoms with Gasteiger partial charge in [0.1, 0.15) is 0 Å². The highest BCUT2D eigenvalue weighted by atomic mass is 16.2. The third-order valence-electron chi connectivity index (χ3n) is 6.76. The number of fused-ring (bicyclic) bond motifs is 1. The van der Waals surface area contributed by atoms with Crippen molar-refractivity contribution < 1.29 is 4.79 Å². The monoisotopic (exact) mass is 408 g/mol. The van der Waals surface area contributed by atoms with Gasteiger partial charge >= 0.3 is 6.03 Å². The number of benzene rings is 1. The summed E-state index contributed by atoms with van der Waals surface area (Å²) < 4.78 is 0. The van der Waals surface area contributed by atoms with Gasteiger partial charge in [-0.15, -0.1) is 0 Å². The second-order valence-electron chi connectivity index (χ2n) is 9.32. The molecule has 5 nitrogen and oxygen atoms in total. The molecule has 1 aromatic heterocycles. The summed E-state index contributed by atoms with van der Waals surface area (Å²) in [5.41, 5.74) is 2.45. The lowest BCUT2D eigenvalue weighted by atomic mass is 9.86. The van der Waals surface area contributed by atoms with Crippen molar-refractivity contribution in [1.29, 1.82) is 0 Å². The summed E-state index contributed by atoms with van der Waals surface area (Å²) in [6.07, 6.45) is 9.02. The number of rotatable bonds is 4. The lowest BCUT2D eigenvalue weighted by Crippen LogP contribution is -2.52. The van der Waals surface area contributed by atoms with E-state index in [-0.39, 0.29) is 12.1 Å². The van der Waals surface area contributed by atoms with Crippen molar-refractivity contribution in [3.63, 3.8) is 0 Å². The summed E-state index contributed by atoms with van der Waals surface area (Å²) >= 11 is 0. The fourth-order valence-electron chi connectivity index (χ4n) is 5.24. The van der Waals surface area contributed by atoms with E-state index in [1.807, 2.05) is 26.1 Å². The third-order valence-corrected chi connectivity index (χ3v) is 6.76. The highest BCUT2D eigenvalue weighted by Gasteiger charge is 2.34. The number of amides is 2. The van der Waals surface area contributed by atoms with Crippen molar-refractivity contribution in [2.24, 2.45) is 5.92 Å². The van der Waals surface area contributed by atoms with Crippen molar-refractivity contribution in [3.05, 3.63) is 42.1 Å². The molecule has 0 unspecified atom stereocenters. The minimum absolute atomic E-state index is 0.140. The molecule has 4 rings (SSSR count). The Morgan fingerprint density at radius 2 is 1.87 bits per heavy atom. The summed E-state index contributed by atoms with van der Waals surface area (Å²) in [7, 11) is 0. The van der Waals surface area contributed by atoms with Gasteiger partial charge in [0.2, 0.25) is 0 Å². The molecule has 0 saturated carbocycles. The average Bonchev–Trinajstić information content (AvgIpc) is 3.00. The van der Waals surface area contributed by atoms with E-state index in [0.717, 1.165) is 44.5 Å². The zero-order valence-electron chi connectivity index (χ0n) is 18.5. The number of para-hydroxylation sites is 1. The standard InChI is InChI=1S/C25H36N4O/c1-19(2)27-25(30)29-15-5-3-4-11-23(29)20-12-16-28(17-13-20)18-22-9-6-8-21-10-7-14-26-24(21)22/h6-10,14,19-20,23H,3-5,11-13,15-18H2,1-2H3,(H,27,30)/t23-/m1/s1. The van der Waals surface area contributed by atoms with Crippen LogP contribution in [-0.2, 0) is 6.54 Å². The largest absolute Gasteiger partial charge is 0.336 e. The fourth-order valence-corrected chi connectivity index (χ4v) is 5.24. The molecule has 1 aromatic carbocycles. The number of urea groups is 1. The molecule has 0 radical (unpaired) electrons. The molecule has 2 amide bonds. The van der Waals surface area contributed by atoms with E-state index < -0.39 is 0 Å². The summed E-state index contributed by atoms with van der Waals surface area (Å²) in [6, 6.07) is 11.4. The molecule has 2 saturated heterocycles. The van der Waals surface area contributed by atoms with E-state index in [9.17, 15) is 4.79 Å². The lowest BCUT2D eigenvalue weighted by Gasteiger charge is -2.41. The minimum Gasteiger partial charge on any atom is -0.336 e. The molecule has 3 heterocycles. The van der Waals surface area contributed by atoms with Crippen molar-refractivity contribution in [3.8, 4) is 0 Å². The van der Waals surface area contributed by atoms with Crippen molar-refractivity contribution in [2.45, 2.75) is 71.0 Å². The summed E-state index contributed by atoms with van der Waals surface area (Å²) in [5.74, 6) is 0.614. The zero-order valence-corrected chi connectivity index (χ0v) is 18.5. The van der Waals surface area contributed by atoms with Crippen LogP contribution in [0.25, 0.3) is 10.9 Å². The van der Waals surface area contributed by atoms with Gasteiger partial charge in [0.05, 0.1) is 5.52 Å². The van der Waals surface area contributed by atoms with Crippen LogP contribution in [0.1, 0.15) is 57.9 Å². The Bertz CT molecular complexity index is 839. The molecule has 2 aliphatic rings. The molecule has 1 atom stereocenters. The summed E-state index contributed by atoms with van der Waals surface area (Å²) in [6.45, 7) is 8.17. The molecule has 2 fully saturated rings. The second-order valence-corrected chi connectivity index (χ2v) is 9.32. The zero-order chi connectivity index (χ0) is 20.9. The van der Waals surface area contributed by atoms with Crippen LogP contribution in [0.15, 0.2) is 36.5 Å². The van der Waals surface area contributed by atoms with E-state index in [1.54, 1.807) is 0 Å². The Hall–Kier alpha value is -2.14. The Labute approximate surface area is 180 Å². The Kier molecular flexibility index (Phi) is 6.88. The van der Waals surface area contributed by atoms with Crippen LogP contribution in [0, 0.1) is 5.92 Å². The number of aromatic nitrogens is 1. The van der Waals surface area contributed by atoms with Crippen LogP contribution in [0.2, 0.25) is 0 Å². The molecular formula is C25H36N4O. The maximum atomic E-state index is 12.8. The van der Waals surface area contributed by atoms with Gasteiger partial charge in [-0.05, 0) is 70.2 Å². The van der Waals surface area contributed by atoms with Gasteiger partial charge in [-0.2, -0.15) is 0 Å². The maximum absolute atomic E-state index is 12.8. The van der Waals surface area contributed by atoms with E-state index in [4.69, 9.17) is 0 Å². The molecule has 0 bridgehead atoms. The first kappa shape index (κ1) is 21.1. The predicted octanol–water partition coefficient (Wildman–Crippen LogP) is 4.81. The number of piperidine rings is 1. The molecule has 1 N–H and O–H groups in total. The number of pyridine rings is 1. The third kappa shape index (κ3) is 4.94. The van der Waals surface area contributed by atoms with E-state index >= 15 is 0 Å². The Morgan fingerprint density at radius 3 is 2.67 bits per heavy atom. The maximum Gasteiger partial charge on any atom is 0.317 e. The smallest absolute Gasteiger partial charge is 0.317 e. The Morgan fingerprint density at radius 1 is 1.07 bits per heavy atom. The Balaban J connectivity index is 1.39. The number of carbonyl (C=O) groups excluding carboxylic acids is 1. The first-order valence-corrected chi connectivity index (χ1v) is 11.7. The minimum atomic E-state index is 0.140. The number of hydrogen-bond donors (Lipinski definition) is 1. The number of carbonyl (C=O) groups is 1. The van der Waals surface area contributed by atoms with Crippen LogP contribution < -0.4 is 5.32 Å². The normalized spacial score (nSPS) is 21.7. The van der Waals surface area contributed by atoms with Crippen LogP contribution in [0.5, 0.6) is 0 Å². The van der Waals surface area contributed by atoms with Crippen molar-refractivity contribution in [1.82, 2.24) is 20.1 Å². The molecule has 30 heavy (non-hydrogen) atoms. The SMILES string of the molecule is CC(C)NC(=O)N1CCCCC[C@@H]1C1CCN(Cc2cccc3cccnc23)CC1. The number of hydrogen-bond acceptors (Lipinski definition) is 3. The number of nitrogens with zero attached hydrogens (tertiary/aromatic N) is 3. The van der Waals surface area contributed by atoms with E-state index in [1.165, 1.54) is 36.6 Å². The quantitative estimate of drug-likeness (QED) is 0.790. The van der Waals surface area contributed by atoms with E-state index in [0.29, 0.717) is 12.0 Å². The van der Waals surface area contributed by atoms with Gasteiger partial charge in [0, 0.05) is 36.8 Å². The molecule has 5 heteroatoms. The van der Waals surface area contributed by atoms with Crippen LogP contribution in [0.4, 0.5) is 4.79 Å². The molecule has 2 aliphatic heterocycles. The van der Waals surface area contributed by atoms with Gasteiger partial charge in [0.15, 0.2) is 0 Å². The summed E-state index contributed by atoms with van der Waals surface area (Å²) in [4.78, 5) is 22.2. The number of nitrogens with one attached hydrogen (secondary N) is 1. The summed E-state index contributed by atoms with van der Waals surface area (Å²) in [5, 5.41) is 4.36. The molecule has 2 aromatic rings. The highest BCUT2D eigenvalue weighted by Crippen LogP contribution is 2.31. The van der Waals surface area contributed by atoms with Gasteiger partial charge in [-0.3, -0.25) is 9.88 Å². The second kappa shape index (κ2) is 9.78. The van der Waals surface area contributed by atoms with Gasteiger partial charge in [-0.25, -0.2) is 4.79 Å². The first-order valence-electron chi connectivity index (χ1n) is 11.7. The lowest BCUT2D eigenvalue weighted by molar-refractivity contribution is 0.0976.